The summed E-state index contributed by atoms with van der Waals surface area (Å²) < 4.78 is 0. The molecule has 0 aromatic rings. The van der Waals surface area contributed by atoms with E-state index in [0.717, 1.165) is 0 Å². The van der Waals surface area contributed by atoms with E-state index in [9.17, 15) is 0 Å². The first-order valence-corrected chi connectivity index (χ1v) is 9.92. The summed E-state index contributed by atoms with van der Waals surface area (Å²) >= 11 is 0. The zero-order chi connectivity index (χ0) is 15.6. The minimum Gasteiger partial charge on any atom is -0.309 e. The van der Waals surface area contributed by atoms with Crippen LogP contribution in [0.1, 0.15) is 110 Å². The van der Waals surface area contributed by atoms with Crippen LogP contribution in [-0.4, -0.2) is 25.5 Å². The number of rotatable bonds is 17. The largest absolute Gasteiger partial charge is 0.309 e. The van der Waals surface area contributed by atoms with Crippen LogP contribution < -0.4 is 0 Å². The summed E-state index contributed by atoms with van der Waals surface area (Å²) in [5.74, 6) is 0. The van der Waals surface area contributed by atoms with Crippen LogP contribution in [0.3, 0.4) is 0 Å². The highest BCUT2D eigenvalue weighted by Gasteiger charge is 1.95. The Hall–Kier alpha value is 0.540. The Balaban J connectivity index is -0.00000200. The van der Waals surface area contributed by atoms with Gasteiger partial charge in [-0.2, -0.15) is 0 Å². The van der Waals surface area contributed by atoms with E-state index in [2.05, 4.69) is 25.9 Å². The molecule has 0 aliphatic carbocycles. The summed E-state index contributed by atoms with van der Waals surface area (Å²) in [6.07, 6.45) is 23.3. The molecule has 0 atom stereocenters. The molecule has 1 nitrogen and oxygen atoms in total. The fourth-order valence-electron chi connectivity index (χ4n) is 2.98. The minimum atomic E-state index is 0. The molecule has 0 aromatic carbocycles. The Morgan fingerprint density at radius 2 is 0.696 bits per heavy atom. The topological polar surface area (TPSA) is 3.24 Å². The second-order valence-corrected chi connectivity index (χ2v) is 7.11. The fraction of sp³-hybridized carbons (Fsp3) is 1.00. The monoisotopic (exact) mass is 369 g/mol. The third-order valence-electron chi connectivity index (χ3n) is 4.46. The van der Waals surface area contributed by atoms with Crippen LogP contribution in [-0.2, 0) is 0 Å². The van der Waals surface area contributed by atoms with Gasteiger partial charge in [-0.15, -0.1) is 24.8 Å². The van der Waals surface area contributed by atoms with Gasteiger partial charge in [-0.25, -0.2) is 0 Å². The van der Waals surface area contributed by atoms with Gasteiger partial charge in [0.05, 0.1) is 0 Å². The van der Waals surface area contributed by atoms with E-state index in [1.54, 1.807) is 0 Å². The van der Waals surface area contributed by atoms with Crippen molar-refractivity contribution in [2.45, 2.75) is 110 Å². The van der Waals surface area contributed by atoms with Gasteiger partial charge in [-0.1, -0.05) is 103 Å². The molecule has 0 saturated carbocycles. The van der Waals surface area contributed by atoms with E-state index in [0.29, 0.717) is 0 Å². The molecule has 0 saturated heterocycles. The van der Waals surface area contributed by atoms with Crippen molar-refractivity contribution in [1.82, 2.24) is 4.90 Å². The molecule has 0 spiro atoms. The maximum Gasteiger partial charge on any atom is -0.00248 e. The molecular weight excluding hydrogens is 325 g/mol. The van der Waals surface area contributed by atoms with Crippen LogP contribution in [0, 0.1) is 0 Å². The van der Waals surface area contributed by atoms with Gasteiger partial charge < -0.3 is 4.90 Å². The molecule has 0 aromatic heterocycles. The van der Waals surface area contributed by atoms with Gasteiger partial charge in [-0.3, -0.25) is 0 Å². The van der Waals surface area contributed by atoms with Crippen molar-refractivity contribution in [2.75, 3.05) is 20.6 Å². The molecular formula is C20H45Cl2N. The quantitative estimate of drug-likeness (QED) is 0.238. The van der Waals surface area contributed by atoms with Gasteiger partial charge in [-0.05, 0) is 27.1 Å². The Kier molecular flexibility index (Phi) is 30.6. The standard InChI is InChI=1S/C20H43N.2ClH/c1-4-5-6-7-8-9-10-11-12-13-14-15-16-17-18-19-20-21(2)3;;/h4-20H2,1-3H3;2*1H. The van der Waals surface area contributed by atoms with E-state index in [1.807, 2.05) is 0 Å². The lowest BCUT2D eigenvalue weighted by molar-refractivity contribution is 0.389. The maximum atomic E-state index is 2.30. The summed E-state index contributed by atoms with van der Waals surface area (Å²) in [6, 6.07) is 0. The molecule has 144 valence electrons. The van der Waals surface area contributed by atoms with Gasteiger partial charge in [0, 0.05) is 0 Å². The number of unbranched alkanes of at least 4 members (excludes halogenated alkanes) is 15. The number of halogens is 2. The maximum absolute atomic E-state index is 2.30. The van der Waals surface area contributed by atoms with Gasteiger partial charge in [0.15, 0.2) is 0 Å². The average Bonchev–Trinajstić information content (AvgIpc) is 2.46. The lowest BCUT2D eigenvalue weighted by Gasteiger charge is -2.08. The van der Waals surface area contributed by atoms with Gasteiger partial charge in [0.2, 0.25) is 0 Å². The third kappa shape index (κ3) is 27.7. The predicted octanol–water partition coefficient (Wildman–Crippen LogP) is 7.65. The van der Waals surface area contributed by atoms with Crippen LogP contribution in [0.4, 0.5) is 0 Å². The van der Waals surface area contributed by atoms with Gasteiger partial charge in [0.1, 0.15) is 0 Å². The molecule has 0 rings (SSSR count). The Labute approximate surface area is 160 Å². The normalized spacial score (nSPS) is 10.4. The van der Waals surface area contributed by atoms with E-state index in [1.165, 1.54) is 109 Å². The number of hydrogen-bond donors (Lipinski definition) is 0. The molecule has 0 aliphatic rings. The fourth-order valence-corrected chi connectivity index (χ4v) is 2.98. The summed E-state index contributed by atoms with van der Waals surface area (Å²) in [7, 11) is 4.34. The van der Waals surface area contributed by atoms with Crippen molar-refractivity contribution in [3.05, 3.63) is 0 Å². The summed E-state index contributed by atoms with van der Waals surface area (Å²) in [5, 5.41) is 0. The first-order chi connectivity index (χ1) is 10.3. The molecule has 0 fully saturated rings. The van der Waals surface area contributed by atoms with Crippen LogP contribution in [0.2, 0.25) is 0 Å². The van der Waals surface area contributed by atoms with E-state index >= 15 is 0 Å². The summed E-state index contributed by atoms with van der Waals surface area (Å²) in [5.41, 5.74) is 0. The third-order valence-corrected chi connectivity index (χ3v) is 4.46. The minimum absolute atomic E-state index is 0. The molecule has 0 bridgehead atoms. The zero-order valence-corrected chi connectivity index (χ0v) is 17.9. The zero-order valence-electron chi connectivity index (χ0n) is 16.3. The molecule has 0 N–H and O–H groups in total. The van der Waals surface area contributed by atoms with E-state index in [-0.39, 0.29) is 24.8 Å². The molecule has 3 heteroatoms. The van der Waals surface area contributed by atoms with Crippen molar-refractivity contribution in [3.63, 3.8) is 0 Å². The SMILES string of the molecule is CCCCCCCCCCCCCCCCCCN(C)C.Cl.Cl. The Morgan fingerprint density at radius 1 is 0.435 bits per heavy atom. The first kappa shape index (κ1) is 28.3. The van der Waals surface area contributed by atoms with Crippen LogP contribution in [0.15, 0.2) is 0 Å². The van der Waals surface area contributed by atoms with E-state index in [4.69, 9.17) is 0 Å². The smallest absolute Gasteiger partial charge is 0.00248 e. The molecule has 0 amide bonds. The lowest BCUT2D eigenvalue weighted by Crippen LogP contribution is -2.12. The average molecular weight is 370 g/mol. The van der Waals surface area contributed by atoms with Crippen molar-refractivity contribution in [1.29, 1.82) is 0 Å². The highest BCUT2D eigenvalue weighted by molar-refractivity contribution is 5.85. The van der Waals surface area contributed by atoms with E-state index < -0.39 is 0 Å². The second-order valence-electron chi connectivity index (χ2n) is 7.11. The van der Waals surface area contributed by atoms with Gasteiger partial charge >= 0.3 is 0 Å². The summed E-state index contributed by atoms with van der Waals surface area (Å²) in [6.45, 7) is 3.56. The Morgan fingerprint density at radius 3 is 0.957 bits per heavy atom. The molecule has 0 aliphatic heterocycles. The van der Waals surface area contributed by atoms with Gasteiger partial charge in [0.25, 0.3) is 0 Å². The molecule has 0 unspecified atom stereocenters. The number of nitrogens with zero attached hydrogens (tertiary/aromatic N) is 1. The highest BCUT2D eigenvalue weighted by Crippen LogP contribution is 2.13. The molecule has 0 radical (unpaired) electrons. The van der Waals surface area contributed by atoms with Crippen LogP contribution in [0.25, 0.3) is 0 Å². The number of hydrogen-bond acceptors (Lipinski definition) is 1. The lowest BCUT2D eigenvalue weighted by atomic mass is 10.0. The molecule has 23 heavy (non-hydrogen) atoms. The molecule has 0 heterocycles. The van der Waals surface area contributed by atoms with Crippen molar-refractivity contribution in [2.24, 2.45) is 0 Å². The second kappa shape index (κ2) is 24.8. The summed E-state index contributed by atoms with van der Waals surface area (Å²) in [4.78, 5) is 2.30. The first-order valence-electron chi connectivity index (χ1n) is 9.92. The van der Waals surface area contributed by atoms with Crippen molar-refractivity contribution < 1.29 is 0 Å². The van der Waals surface area contributed by atoms with Crippen molar-refractivity contribution >= 4 is 24.8 Å². The van der Waals surface area contributed by atoms with Crippen LogP contribution in [0.5, 0.6) is 0 Å². The predicted molar refractivity (Wildman–Crippen MR) is 113 cm³/mol. The van der Waals surface area contributed by atoms with Crippen molar-refractivity contribution in [3.8, 4) is 0 Å². The highest BCUT2D eigenvalue weighted by atomic mass is 35.5. The van der Waals surface area contributed by atoms with Crippen LogP contribution >= 0.6 is 24.8 Å². The Bertz CT molecular complexity index is 186.